The van der Waals surface area contributed by atoms with E-state index in [0.717, 1.165) is 10.9 Å². The second-order valence-electron chi connectivity index (χ2n) is 3.32. The maximum atomic E-state index is 13.3. The lowest BCUT2D eigenvalue weighted by atomic mass is 10.1. The van der Waals surface area contributed by atoms with Gasteiger partial charge in [-0.05, 0) is 25.1 Å². The lowest BCUT2D eigenvalue weighted by molar-refractivity contribution is 0.620. The van der Waals surface area contributed by atoms with Crippen LogP contribution >= 0.6 is 23.2 Å². The summed E-state index contributed by atoms with van der Waals surface area (Å²) >= 11 is 11.6. The molecule has 1 heterocycles. The zero-order valence-electron chi connectivity index (χ0n) is 8.02. The third-order valence-corrected chi connectivity index (χ3v) is 2.96. The topological polar surface area (TPSA) is 12.9 Å². The monoisotopic (exact) mass is 243 g/mol. The number of aryl methyl sites for hydroxylation is 1. The minimum Gasteiger partial charge on any atom is -0.235 e. The largest absolute Gasteiger partial charge is 0.235 e. The molecule has 1 aromatic carbocycles. The first-order valence-corrected chi connectivity index (χ1v) is 5.35. The third kappa shape index (κ3) is 1.80. The summed E-state index contributed by atoms with van der Waals surface area (Å²) in [7, 11) is 0. The molecule has 0 saturated carbocycles. The fraction of sp³-hybridized carbons (Fsp3) is 0.182. The van der Waals surface area contributed by atoms with Crippen LogP contribution in [0.3, 0.4) is 0 Å². The van der Waals surface area contributed by atoms with Gasteiger partial charge in [-0.3, -0.25) is 0 Å². The molecule has 4 heteroatoms. The molecule has 1 nitrogen and oxygen atoms in total. The highest BCUT2D eigenvalue weighted by atomic mass is 35.5. The van der Waals surface area contributed by atoms with Crippen molar-refractivity contribution in [1.29, 1.82) is 0 Å². The molecule has 0 aliphatic heterocycles. The van der Waals surface area contributed by atoms with Crippen LogP contribution in [0.25, 0.3) is 10.9 Å². The first-order valence-electron chi connectivity index (χ1n) is 4.43. The van der Waals surface area contributed by atoms with E-state index in [4.69, 9.17) is 23.2 Å². The van der Waals surface area contributed by atoms with Gasteiger partial charge in [-0.15, -0.1) is 11.6 Å². The van der Waals surface area contributed by atoms with Gasteiger partial charge in [0, 0.05) is 16.5 Å². The highest BCUT2D eigenvalue weighted by molar-refractivity contribution is 6.31. The smallest absolute Gasteiger partial charge is 0.134 e. The number of fused-ring (bicyclic) bond motifs is 1. The van der Waals surface area contributed by atoms with Crippen LogP contribution < -0.4 is 0 Å². The Bertz CT molecular complexity index is 525. The van der Waals surface area contributed by atoms with Crippen LogP contribution in [0.4, 0.5) is 4.39 Å². The molecule has 0 radical (unpaired) electrons. The van der Waals surface area contributed by atoms with Crippen molar-refractivity contribution in [2.24, 2.45) is 0 Å². The summed E-state index contributed by atoms with van der Waals surface area (Å²) in [5.41, 5.74) is 1.86. The van der Waals surface area contributed by atoms with Crippen molar-refractivity contribution in [2.45, 2.75) is 12.8 Å². The summed E-state index contributed by atoms with van der Waals surface area (Å²) in [4.78, 5) is 4.15. The quantitative estimate of drug-likeness (QED) is 0.544. The van der Waals surface area contributed by atoms with Crippen LogP contribution in [0.5, 0.6) is 0 Å². The first kappa shape index (κ1) is 10.7. The predicted molar refractivity (Wildman–Crippen MR) is 61.0 cm³/mol. The number of alkyl halides is 1. The molecule has 0 unspecified atom stereocenters. The van der Waals surface area contributed by atoms with Crippen molar-refractivity contribution in [2.75, 3.05) is 0 Å². The first-order chi connectivity index (χ1) is 7.13. The van der Waals surface area contributed by atoms with Crippen molar-refractivity contribution >= 4 is 34.1 Å². The average Bonchev–Trinajstić information content (AvgIpc) is 2.24. The molecule has 0 amide bonds. The molecule has 0 spiro atoms. The molecular formula is C11H8Cl2FN. The summed E-state index contributed by atoms with van der Waals surface area (Å²) < 4.78 is 13.3. The fourth-order valence-electron chi connectivity index (χ4n) is 1.47. The molecule has 78 valence electrons. The van der Waals surface area contributed by atoms with Gasteiger partial charge < -0.3 is 0 Å². The highest BCUT2D eigenvalue weighted by Crippen LogP contribution is 2.25. The van der Waals surface area contributed by atoms with Gasteiger partial charge in [0.1, 0.15) is 11.0 Å². The van der Waals surface area contributed by atoms with Crippen LogP contribution in [0.2, 0.25) is 5.15 Å². The Morgan fingerprint density at radius 3 is 2.80 bits per heavy atom. The average molecular weight is 244 g/mol. The number of nitrogens with zero attached hydrogens (tertiary/aromatic N) is 1. The maximum absolute atomic E-state index is 13.3. The van der Waals surface area contributed by atoms with Gasteiger partial charge in [0.2, 0.25) is 0 Å². The van der Waals surface area contributed by atoms with E-state index in [0.29, 0.717) is 22.1 Å². The van der Waals surface area contributed by atoms with Gasteiger partial charge in [0.25, 0.3) is 0 Å². The van der Waals surface area contributed by atoms with E-state index in [2.05, 4.69) is 4.98 Å². The summed E-state index contributed by atoms with van der Waals surface area (Å²) in [5, 5.41) is 1.19. The number of aromatic nitrogens is 1. The highest BCUT2D eigenvalue weighted by Gasteiger charge is 2.08. The molecule has 0 fully saturated rings. The van der Waals surface area contributed by atoms with E-state index < -0.39 is 0 Å². The lowest BCUT2D eigenvalue weighted by Crippen LogP contribution is -1.92. The number of benzene rings is 1. The second kappa shape index (κ2) is 3.95. The maximum Gasteiger partial charge on any atom is 0.134 e. The molecule has 1 aromatic heterocycles. The van der Waals surface area contributed by atoms with Crippen LogP contribution in [0, 0.1) is 12.7 Å². The van der Waals surface area contributed by atoms with Crippen LogP contribution in [-0.2, 0) is 5.88 Å². The summed E-state index contributed by atoms with van der Waals surface area (Å²) in [6.45, 7) is 1.68. The molecule has 15 heavy (non-hydrogen) atoms. The Hall–Kier alpha value is -0.860. The van der Waals surface area contributed by atoms with Gasteiger partial charge in [0.05, 0.1) is 11.4 Å². The predicted octanol–water partition coefficient (Wildman–Crippen LogP) is 4.07. The minimum absolute atomic E-state index is 0.273. The molecule has 0 bridgehead atoms. The number of hydrogen-bond acceptors (Lipinski definition) is 1. The van der Waals surface area contributed by atoms with E-state index in [1.165, 1.54) is 6.07 Å². The van der Waals surface area contributed by atoms with Crippen LogP contribution in [0.15, 0.2) is 18.2 Å². The zero-order chi connectivity index (χ0) is 11.0. The van der Waals surface area contributed by atoms with Gasteiger partial charge >= 0.3 is 0 Å². The number of pyridine rings is 1. The van der Waals surface area contributed by atoms with E-state index in [1.54, 1.807) is 13.0 Å². The lowest BCUT2D eigenvalue weighted by Gasteiger charge is -2.06. The van der Waals surface area contributed by atoms with Crippen molar-refractivity contribution in [3.63, 3.8) is 0 Å². The Morgan fingerprint density at radius 1 is 1.40 bits per heavy atom. The number of halogens is 3. The fourth-order valence-corrected chi connectivity index (χ4v) is 1.95. The second-order valence-corrected chi connectivity index (χ2v) is 3.94. The van der Waals surface area contributed by atoms with Crippen LogP contribution in [-0.4, -0.2) is 4.98 Å². The molecular weight excluding hydrogens is 236 g/mol. The molecule has 0 aliphatic carbocycles. The third-order valence-electron chi connectivity index (χ3n) is 2.34. The minimum atomic E-state index is -0.273. The van der Waals surface area contributed by atoms with Gasteiger partial charge in [0.15, 0.2) is 0 Å². The van der Waals surface area contributed by atoms with Crippen molar-refractivity contribution in [3.8, 4) is 0 Å². The normalized spacial score (nSPS) is 10.9. The SMILES string of the molecule is Cc1c(F)ccc2cc(CCl)c(Cl)nc12. The number of hydrogen-bond donors (Lipinski definition) is 0. The Morgan fingerprint density at radius 2 is 2.13 bits per heavy atom. The van der Waals surface area contributed by atoms with E-state index in [1.807, 2.05) is 6.07 Å². The Kier molecular flexibility index (Phi) is 2.81. The summed E-state index contributed by atoms with van der Waals surface area (Å²) in [5.74, 6) is 0.0303. The van der Waals surface area contributed by atoms with Gasteiger partial charge in [-0.25, -0.2) is 9.37 Å². The van der Waals surface area contributed by atoms with Crippen molar-refractivity contribution < 1.29 is 4.39 Å². The van der Waals surface area contributed by atoms with E-state index in [-0.39, 0.29) is 5.82 Å². The van der Waals surface area contributed by atoms with E-state index >= 15 is 0 Å². The molecule has 2 rings (SSSR count). The summed E-state index contributed by atoms with van der Waals surface area (Å²) in [6, 6.07) is 4.94. The zero-order valence-corrected chi connectivity index (χ0v) is 9.53. The molecule has 0 saturated heterocycles. The number of rotatable bonds is 1. The van der Waals surface area contributed by atoms with Gasteiger partial charge in [-0.2, -0.15) is 0 Å². The Labute approximate surface area is 96.8 Å². The van der Waals surface area contributed by atoms with Crippen LogP contribution in [0.1, 0.15) is 11.1 Å². The molecule has 0 N–H and O–H groups in total. The van der Waals surface area contributed by atoms with Gasteiger partial charge in [-0.1, -0.05) is 11.6 Å². The Balaban J connectivity index is 2.81. The molecule has 0 aliphatic rings. The summed E-state index contributed by atoms with van der Waals surface area (Å²) in [6.07, 6.45) is 0. The standard InChI is InChI=1S/C11H8Cl2FN/c1-6-9(14)3-2-7-4-8(5-12)11(13)15-10(6)7/h2-4H,5H2,1H3. The molecule has 0 atom stereocenters. The molecule has 2 aromatic rings. The van der Waals surface area contributed by atoms with Crippen molar-refractivity contribution in [3.05, 3.63) is 40.3 Å². The van der Waals surface area contributed by atoms with Crippen molar-refractivity contribution in [1.82, 2.24) is 4.98 Å². The van der Waals surface area contributed by atoms with E-state index in [9.17, 15) is 4.39 Å².